The molecule has 0 aliphatic carbocycles. The Morgan fingerprint density at radius 2 is 2.11 bits per heavy atom. The third kappa shape index (κ3) is 2.17. The number of rotatable bonds is 3. The van der Waals surface area contributed by atoms with E-state index in [2.05, 4.69) is 15.1 Å². The molecule has 9 heteroatoms. The minimum absolute atomic E-state index is 0.00422. The van der Waals surface area contributed by atoms with Crippen LogP contribution in [0.1, 0.15) is 11.4 Å². The Morgan fingerprint density at radius 1 is 1.42 bits per heavy atom. The molecule has 0 atom stereocenters. The fraction of sp³-hybridized carbons (Fsp3) is 0.300. The summed E-state index contributed by atoms with van der Waals surface area (Å²) in [5, 5.41) is 15.0. The van der Waals surface area contributed by atoms with Gasteiger partial charge in [0.2, 0.25) is 11.8 Å². The van der Waals surface area contributed by atoms with E-state index in [0.29, 0.717) is 17.2 Å². The summed E-state index contributed by atoms with van der Waals surface area (Å²) in [4.78, 5) is 18.3. The molecule has 2 N–H and O–H groups in total. The Balaban J connectivity index is 2.63. The fourth-order valence-electron chi connectivity index (χ4n) is 1.77. The summed E-state index contributed by atoms with van der Waals surface area (Å²) in [6, 6.07) is 1.50. The van der Waals surface area contributed by atoms with E-state index in [1.807, 2.05) is 0 Å². The molecule has 0 unspecified atom stereocenters. The van der Waals surface area contributed by atoms with Gasteiger partial charge in [-0.05, 0) is 13.8 Å². The predicted octanol–water partition coefficient (Wildman–Crippen LogP) is 0.778. The third-order valence-corrected chi connectivity index (χ3v) is 2.57. The van der Waals surface area contributed by atoms with Gasteiger partial charge in [0.05, 0.1) is 12.0 Å². The van der Waals surface area contributed by atoms with E-state index in [-0.39, 0.29) is 17.5 Å². The highest BCUT2D eigenvalue weighted by Crippen LogP contribution is 2.25. The quantitative estimate of drug-likeness (QED) is 0.641. The summed E-state index contributed by atoms with van der Waals surface area (Å²) in [6.45, 7) is 3.15. The van der Waals surface area contributed by atoms with Gasteiger partial charge in [-0.3, -0.25) is 10.1 Å². The van der Waals surface area contributed by atoms with Gasteiger partial charge in [-0.25, -0.2) is 4.68 Å². The van der Waals surface area contributed by atoms with Crippen molar-refractivity contribution in [2.75, 3.05) is 12.8 Å². The fourth-order valence-corrected chi connectivity index (χ4v) is 1.77. The first-order valence-electron chi connectivity index (χ1n) is 5.33. The van der Waals surface area contributed by atoms with Crippen LogP contribution in [0.2, 0.25) is 0 Å². The highest BCUT2D eigenvalue weighted by molar-refractivity contribution is 5.45. The number of nitro groups is 1. The Bertz CT molecular complexity index is 651. The van der Waals surface area contributed by atoms with Crippen molar-refractivity contribution in [3.8, 4) is 11.7 Å². The monoisotopic (exact) mass is 264 g/mol. The van der Waals surface area contributed by atoms with Crippen LogP contribution in [-0.2, 0) is 0 Å². The van der Waals surface area contributed by atoms with Gasteiger partial charge in [-0.1, -0.05) is 0 Å². The summed E-state index contributed by atoms with van der Waals surface area (Å²) in [7, 11) is 1.44. The number of anilines is 1. The third-order valence-electron chi connectivity index (χ3n) is 2.57. The first-order valence-corrected chi connectivity index (χ1v) is 5.33. The molecule has 100 valence electrons. The van der Waals surface area contributed by atoms with E-state index in [1.54, 1.807) is 13.8 Å². The van der Waals surface area contributed by atoms with Crippen LogP contribution >= 0.6 is 0 Å². The SMILES string of the molecule is COc1cc(-n2nc(C)c([N+](=O)[O-])c2C)nc(N)n1. The molecule has 2 rings (SSSR count). The number of methoxy groups -OCH3 is 1. The van der Waals surface area contributed by atoms with Crippen LogP contribution in [0.4, 0.5) is 11.6 Å². The van der Waals surface area contributed by atoms with Crippen LogP contribution in [0, 0.1) is 24.0 Å². The molecule has 0 saturated heterocycles. The highest BCUT2D eigenvalue weighted by Gasteiger charge is 2.23. The molecule has 2 heterocycles. The molecule has 0 fully saturated rings. The number of aryl methyl sites for hydroxylation is 1. The summed E-state index contributed by atoms with van der Waals surface area (Å²) in [5.74, 6) is 0.584. The molecule has 0 aliphatic rings. The van der Waals surface area contributed by atoms with E-state index in [1.165, 1.54) is 17.9 Å². The maximum absolute atomic E-state index is 10.9. The molecule has 0 amide bonds. The average Bonchev–Trinajstić information content (AvgIpc) is 2.63. The van der Waals surface area contributed by atoms with Crippen molar-refractivity contribution in [1.29, 1.82) is 0 Å². The molecule has 0 saturated carbocycles. The van der Waals surface area contributed by atoms with Crippen molar-refractivity contribution in [1.82, 2.24) is 19.7 Å². The van der Waals surface area contributed by atoms with E-state index in [0.717, 1.165) is 0 Å². The summed E-state index contributed by atoms with van der Waals surface area (Å²) >= 11 is 0. The molecule has 0 aliphatic heterocycles. The number of aromatic nitrogens is 4. The lowest BCUT2D eigenvalue weighted by Crippen LogP contribution is -2.07. The van der Waals surface area contributed by atoms with Crippen LogP contribution < -0.4 is 10.5 Å². The van der Waals surface area contributed by atoms with Crippen LogP contribution in [0.3, 0.4) is 0 Å². The molecule has 2 aromatic heterocycles. The zero-order chi connectivity index (χ0) is 14.2. The van der Waals surface area contributed by atoms with Crippen molar-refractivity contribution in [3.63, 3.8) is 0 Å². The molecule has 2 aromatic rings. The summed E-state index contributed by atoms with van der Waals surface area (Å²) < 4.78 is 6.32. The number of hydrogen-bond donors (Lipinski definition) is 1. The Labute approximate surface area is 108 Å². The zero-order valence-electron chi connectivity index (χ0n) is 10.6. The van der Waals surface area contributed by atoms with Gasteiger partial charge in [0.1, 0.15) is 11.4 Å². The largest absolute Gasteiger partial charge is 0.481 e. The van der Waals surface area contributed by atoms with Gasteiger partial charge in [0.15, 0.2) is 5.82 Å². The molecule has 19 heavy (non-hydrogen) atoms. The first-order chi connectivity index (χ1) is 8.93. The molecular formula is C10H12N6O3. The van der Waals surface area contributed by atoms with Crippen molar-refractivity contribution in [2.24, 2.45) is 0 Å². The second-order valence-electron chi connectivity index (χ2n) is 3.82. The van der Waals surface area contributed by atoms with Crippen LogP contribution in [0.15, 0.2) is 6.07 Å². The zero-order valence-corrected chi connectivity index (χ0v) is 10.6. The summed E-state index contributed by atoms with van der Waals surface area (Å²) in [6.07, 6.45) is 0. The van der Waals surface area contributed by atoms with E-state index in [4.69, 9.17) is 10.5 Å². The number of nitrogen functional groups attached to an aromatic ring is 1. The Morgan fingerprint density at radius 3 is 2.63 bits per heavy atom. The number of nitrogens with two attached hydrogens (primary N) is 1. The maximum atomic E-state index is 10.9. The van der Waals surface area contributed by atoms with E-state index < -0.39 is 4.92 Å². The minimum atomic E-state index is -0.476. The lowest BCUT2D eigenvalue weighted by molar-refractivity contribution is -0.386. The second-order valence-corrected chi connectivity index (χ2v) is 3.82. The lowest BCUT2D eigenvalue weighted by Gasteiger charge is -2.05. The predicted molar refractivity (Wildman–Crippen MR) is 66.2 cm³/mol. The molecule has 0 bridgehead atoms. The summed E-state index contributed by atoms with van der Waals surface area (Å²) in [5.41, 5.74) is 6.17. The molecule has 0 spiro atoms. The van der Waals surface area contributed by atoms with Crippen molar-refractivity contribution >= 4 is 11.6 Å². The number of ether oxygens (including phenoxy) is 1. The Kier molecular flexibility index (Phi) is 3.03. The maximum Gasteiger partial charge on any atom is 0.313 e. The van der Waals surface area contributed by atoms with Crippen LogP contribution in [0.5, 0.6) is 5.88 Å². The molecule has 0 radical (unpaired) electrons. The second kappa shape index (κ2) is 4.52. The van der Waals surface area contributed by atoms with Gasteiger partial charge >= 0.3 is 5.69 Å². The molecule has 9 nitrogen and oxygen atoms in total. The van der Waals surface area contributed by atoms with Gasteiger partial charge < -0.3 is 10.5 Å². The minimum Gasteiger partial charge on any atom is -0.481 e. The van der Waals surface area contributed by atoms with E-state index >= 15 is 0 Å². The average molecular weight is 264 g/mol. The first kappa shape index (κ1) is 12.7. The smallest absolute Gasteiger partial charge is 0.313 e. The van der Waals surface area contributed by atoms with Crippen molar-refractivity contribution in [3.05, 3.63) is 27.6 Å². The van der Waals surface area contributed by atoms with Gasteiger partial charge in [-0.15, -0.1) is 0 Å². The number of nitrogens with zero attached hydrogens (tertiary/aromatic N) is 5. The normalized spacial score (nSPS) is 10.5. The molecular weight excluding hydrogens is 252 g/mol. The topological polar surface area (TPSA) is 122 Å². The van der Waals surface area contributed by atoms with Crippen LogP contribution in [0.25, 0.3) is 5.82 Å². The standard InChI is InChI=1S/C10H12N6O3/c1-5-9(16(17)18)6(2)15(14-5)7-4-8(19-3)13-10(11)12-7/h4H,1-3H3,(H2,11,12,13). The lowest BCUT2D eigenvalue weighted by atomic mass is 10.3. The van der Waals surface area contributed by atoms with E-state index in [9.17, 15) is 10.1 Å². The molecule has 0 aromatic carbocycles. The van der Waals surface area contributed by atoms with Gasteiger partial charge in [0, 0.05) is 6.07 Å². The van der Waals surface area contributed by atoms with Crippen molar-refractivity contribution < 1.29 is 9.66 Å². The van der Waals surface area contributed by atoms with Crippen LogP contribution in [-0.4, -0.2) is 31.8 Å². The van der Waals surface area contributed by atoms with Crippen molar-refractivity contribution in [2.45, 2.75) is 13.8 Å². The Hall–Kier alpha value is -2.71. The van der Waals surface area contributed by atoms with Gasteiger partial charge in [-0.2, -0.15) is 15.1 Å². The van der Waals surface area contributed by atoms with Gasteiger partial charge in [0.25, 0.3) is 0 Å². The number of hydrogen-bond acceptors (Lipinski definition) is 7. The highest BCUT2D eigenvalue weighted by atomic mass is 16.6.